The maximum Gasteiger partial charge on any atom is 0.233 e. The first-order valence-corrected chi connectivity index (χ1v) is 10.1. The quantitative estimate of drug-likeness (QED) is 0.729. The van der Waals surface area contributed by atoms with Gasteiger partial charge in [0, 0.05) is 31.8 Å². The highest BCUT2D eigenvalue weighted by Gasteiger charge is 2.48. The summed E-state index contributed by atoms with van der Waals surface area (Å²) < 4.78 is 0. The molecule has 0 unspecified atom stereocenters. The van der Waals surface area contributed by atoms with Crippen molar-refractivity contribution in [3.8, 4) is 0 Å². The second-order valence-electron chi connectivity index (χ2n) is 9.87. The molecule has 2 heterocycles. The van der Waals surface area contributed by atoms with Gasteiger partial charge in [0.1, 0.15) is 0 Å². The van der Waals surface area contributed by atoms with Crippen LogP contribution >= 0.6 is 0 Å². The number of fused-ring (bicyclic) bond motifs is 1. The summed E-state index contributed by atoms with van der Waals surface area (Å²) in [4.78, 5) is 38.8. The minimum absolute atomic E-state index is 0.0537. The van der Waals surface area contributed by atoms with Crippen molar-refractivity contribution >= 4 is 17.7 Å². The highest BCUT2D eigenvalue weighted by molar-refractivity contribution is 6.05. The monoisotopic (exact) mass is 364 g/mol. The van der Waals surface area contributed by atoms with Crippen molar-refractivity contribution in [2.75, 3.05) is 6.54 Å². The van der Waals surface area contributed by atoms with E-state index in [2.05, 4.69) is 38.3 Å². The molecule has 1 saturated carbocycles. The van der Waals surface area contributed by atoms with Gasteiger partial charge in [-0.15, -0.1) is 0 Å². The Morgan fingerprint density at radius 1 is 1.04 bits per heavy atom. The first-order chi connectivity index (χ1) is 12.1. The molecule has 2 aliphatic heterocycles. The number of nitrogens with zero attached hydrogens (tertiary/aromatic N) is 1. The lowest BCUT2D eigenvalue weighted by Crippen LogP contribution is -3.06. The Kier molecular flexibility index (Phi) is 5.17. The predicted octanol–water partition coefficient (Wildman–Crippen LogP) is 0.951. The van der Waals surface area contributed by atoms with E-state index in [1.165, 1.54) is 4.90 Å². The number of imide groups is 1. The molecule has 0 aromatic carbocycles. The molecular weight excluding hydrogens is 330 g/mol. The first-order valence-electron chi connectivity index (χ1n) is 10.1. The molecule has 3 amide bonds. The zero-order valence-electron chi connectivity index (χ0n) is 16.6. The molecule has 6 nitrogen and oxygen atoms in total. The molecule has 3 rings (SSSR count). The molecule has 0 radical (unpaired) electrons. The zero-order valence-corrected chi connectivity index (χ0v) is 16.6. The van der Waals surface area contributed by atoms with Gasteiger partial charge in [-0.2, -0.15) is 0 Å². The highest BCUT2D eigenvalue weighted by Crippen LogP contribution is 2.38. The number of hydrogen-bond acceptors (Lipinski definition) is 3. The summed E-state index contributed by atoms with van der Waals surface area (Å²) >= 11 is 0. The first kappa shape index (κ1) is 19.3. The average Bonchev–Trinajstić information content (AvgIpc) is 2.74. The molecule has 2 atom stereocenters. The molecule has 0 spiro atoms. The van der Waals surface area contributed by atoms with E-state index in [-0.39, 0.29) is 59.6 Å². The van der Waals surface area contributed by atoms with E-state index in [4.69, 9.17) is 0 Å². The van der Waals surface area contributed by atoms with Crippen LogP contribution in [0.3, 0.4) is 0 Å². The van der Waals surface area contributed by atoms with Crippen LogP contribution in [0.4, 0.5) is 0 Å². The molecule has 146 valence electrons. The van der Waals surface area contributed by atoms with Crippen molar-refractivity contribution in [2.24, 2.45) is 11.8 Å². The Bertz CT molecular complexity index is 559. The summed E-state index contributed by atoms with van der Waals surface area (Å²) in [6.45, 7) is 9.04. The molecule has 1 aliphatic carbocycles. The van der Waals surface area contributed by atoms with Gasteiger partial charge in [0.05, 0.1) is 22.9 Å². The third-order valence-electron chi connectivity index (χ3n) is 6.19. The molecule has 3 N–H and O–H groups in total. The molecule has 2 saturated heterocycles. The molecule has 0 bridgehead atoms. The van der Waals surface area contributed by atoms with Crippen molar-refractivity contribution in [2.45, 2.75) is 89.8 Å². The van der Waals surface area contributed by atoms with Crippen LogP contribution < -0.4 is 10.6 Å². The van der Waals surface area contributed by atoms with Gasteiger partial charge >= 0.3 is 0 Å². The van der Waals surface area contributed by atoms with Gasteiger partial charge in [0.25, 0.3) is 0 Å². The SMILES string of the molecule is CC1(C)CC(NC(=O)CCN2C(=O)[C@H]3CCCC[C@@H]3C2=O)CC(C)(C)[NH2+]1. The summed E-state index contributed by atoms with van der Waals surface area (Å²) in [6.07, 6.45) is 5.75. The lowest BCUT2D eigenvalue weighted by molar-refractivity contribution is -0.787. The number of nitrogens with one attached hydrogen (secondary N) is 1. The Hall–Kier alpha value is -1.43. The smallest absolute Gasteiger partial charge is 0.233 e. The van der Waals surface area contributed by atoms with Crippen molar-refractivity contribution in [1.29, 1.82) is 0 Å². The number of quaternary nitrogens is 1. The van der Waals surface area contributed by atoms with Gasteiger partial charge in [-0.05, 0) is 40.5 Å². The molecular formula is C20H34N3O3+. The fourth-order valence-electron chi connectivity index (χ4n) is 5.58. The standard InChI is InChI=1S/C20H33N3O3/c1-19(2)11-13(12-20(3,4)22-19)21-16(24)9-10-23-17(25)14-7-5-6-8-15(14)18(23)26/h13-15,22H,5-12H2,1-4H3,(H,21,24)/p+1/t14-,15-/m0/s1. The van der Waals surface area contributed by atoms with E-state index in [0.717, 1.165) is 38.5 Å². The topological polar surface area (TPSA) is 83.1 Å². The number of amides is 3. The number of likely N-dealkylation sites (tertiary alicyclic amines) is 1. The molecule has 3 fully saturated rings. The molecule has 6 heteroatoms. The van der Waals surface area contributed by atoms with E-state index < -0.39 is 0 Å². The average molecular weight is 365 g/mol. The van der Waals surface area contributed by atoms with E-state index in [1.807, 2.05) is 0 Å². The summed E-state index contributed by atoms with van der Waals surface area (Å²) in [5.74, 6) is -0.423. The van der Waals surface area contributed by atoms with E-state index in [9.17, 15) is 14.4 Å². The summed E-state index contributed by atoms with van der Waals surface area (Å²) in [7, 11) is 0. The van der Waals surface area contributed by atoms with E-state index in [0.29, 0.717) is 0 Å². The van der Waals surface area contributed by atoms with Crippen molar-refractivity contribution in [1.82, 2.24) is 10.2 Å². The molecule has 0 aromatic rings. The van der Waals surface area contributed by atoms with E-state index in [1.54, 1.807) is 0 Å². The Morgan fingerprint density at radius 3 is 2.04 bits per heavy atom. The third kappa shape index (κ3) is 4.11. The van der Waals surface area contributed by atoms with Crippen LogP contribution in [0.5, 0.6) is 0 Å². The second kappa shape index (κ2) is 6.95. The Morgan fingerprint density at radius 2 is 1.54 bits per heavy atom. The normalized spacial score (nSPS) is 31.0. The van der Waals surface area contributed by atoms with Crippen molar-refractivity contribution in [3.05, 3.63) is 0 Å². The third-order valence-corrected chi connectivity index (χ3v) is 6.19. The van der Waals surface area contributed by atoms with Gasteiger partial charge in [-0.1, -0.05) is 12.8 Å². The van der Waals surface area contributed by atoms with Gasteiger partial charge < -0.3 is 10.6 Å². The number of rotatable bonds is 4. The van der Waals surface area contributed by atoms with Crippen LogP contribution in [0, 0.1) is 11.8 Å². The lowest BCUT2D eigenvalue weighted by atomic mass is 9.79. The van der Waals surface area contributed by atoms with Crippen molar-refractivity contribution in [3.63, 3.8) is 0 Å². The number of carbonyl (C=O) groups excluding carboxylic acids is 3. The minimum Gasteiger partial charge on any atom is -0.353 e. The van der Waals surface area contributed by atoms with Crippen LogP contribution in [0.2, 0.25) is 0 Å². The second-order valence-corrected chi connectivity index (χ2v) is 9.87. The van der Waals surface area contributed by atoms with Gasteiger partial charge in [0.2, 0.25) is 17.7 Å². The van der Waals surface area contributed by atoms with Crippen LogP contribution in [-0.2, 0) is 14.4 Å². The number of nitrogens with two attached hydrogens (primary N) is 1. The van der Waals surface area contributed by atoms with Crippen LogP contribution in [0.1, 0.15) is 72.6 Å². The van der Waals surface area contributed by atoms with Gasteiger partial charge in [-0.25, -0.2) is 0 Å². The molecule has 0 aromatic heterocycles. The van der Waals surface area contributed by atoms with Crippen LogP contribution in [0.25, 0.3) is 0 Å². The fraction of sp³-hybridized carbons (Fsp3) is 0.850. The van der Waals surface area contributed by atoms with Crippen LogP contribution in [-0.4, -0.2) is 46.3 Å². The van der Waals surface area contributed by atoms with Gasteiger partial charge in [-0.3, -0.25) is 19.3 Å². The van der Waals surface area contributed by atoms with Gasteiger partial charge in [0.15, 0.2) is 0 Å². The molecule has 26 heavy (non-hydrogen) atoms. The summed E-state index contributed by atoms with van der Waals surface area (Å²) in [6, 6.07) is 0.144. The number of hydrogen-bond donors (Lipinski definition) is 2. The number of piperidine rings is 1. The van der Waals surface area contributed by atoms with E-state index >= 15 is 0 Å². The fourth-order valence-corrected chi connectivity index (χ4v) is 5.58. The van der Waals surface area contributed by atoms with Crippen LogP contribution in [0.15, 0.2) is 0 Å². The maximum atomic E-state index is 12.5. The number of carbonyl (C=O) groups is 3. The summed E-state index contributed by atoms with van der Waals surface area (Å²) in [5, 5.41) is 5.52. The zero-order chi connectivity index (χ0) is 19.1. The predicted molar refractivity (Wildman–Crippen MR) is 98.0 cm³/mol. The largest absolute Gasteiger partial charge is 0.353 e. The van der Waals surface area contributed by atoms with Crippen molar-refractivity contribution < 1.29 is 19.7 Å². The Balaban J connectivity index is 1.53. The maximum absolute atomic E-state index is 12.5. The highest BCUT2D eigenvalue weighted by atomic mass is 16.2. The summed E-state index contributed by atoms with van der Waals surface area (Å²) in [5.41, 5.74) is 0.187. The molecule has 3 aliphatic rings. The Labute approximate surface area is 156 Å². The minimum atomic E-state index is -0.130. The lowest BCUT2D eigenvalue weighted by Gasteiger charge is -2.43.